The quantitative estimate of drug-likeness (QED) is 0.251. The van der Waals surface area contributed by atoms with Gasteiger partial charge in [-0.15, -0.1) is 11.3 Å². The molecule has 1 aliphatic rings. The standard InChI is InChI=1S/C31H29FN4OS/c1-21-14-25(6-8-28(21)32)31-27(24-7-9-29-30(15-24)38-20-35-29)16-26(18-34-31)33-17-22-2-4-23(5-3-22)19-36-10-12-37-13-11-36/h2-9,14-16,18,20,33H,10-13,17,19H2,1H3. The lowest BCUT2D eigenvalue weighted by Gasteiger charge is -2.26. The van der Waals surface area contributed by atoms with Gasteiger partial charge in [0.2, 0.25) is 0 Å². The second kappa shape index (κ2) is 11.0. The van der Waals surface area contributed by atoms with E-state index in [1.54, 1.807) is 24.3 Å². The SMILES string of the molecule is Cc1cc(-c2ncc(NCc3ccc(CN4CCOCC4)cc3)cc2-c2ccc3ncsc3c2)ccc1F. The number of hydrogen-bond donors (Lipinski definition) is 1. The molecule has 3 heterocycles. The number of morpholine rings is 1. The first-order valence-electron chi connectivity index (χ1n) is 12.8. The van der Waals surface area contributed by atoms with Crippen LogP contribution in [0.3, 0.4) is 0 Å². The van der Waals surface area contributed by atoms with E-state index in [2.05, 4.69) is 57.7 Å². The Morgan fingerprint density at radius 2 is 1.71 bits per heavy atom. The molecule has 1 aliphatic heterocycles. The highest BCUT2D eigenvalue weighted by Gasteiger charge is 2.14. The fourth-order valence-corrected chi connectivity index (χ4v) is 5.53. The summed E-state index contributed by atoms with van der Waals surface area (Å²) in [7, 11) is 0. The van der Waals surface area contributed by atoms with E-state index in [1.807, 2.05) is 23.8 Å². The molecule has 2 aromatic heterocycles. The summed E-state index contributed by atoms with van der Waals surface area (Å²) in [6, 6.07) is 22.4. The van der Waals surface area contributed by atoms with Crippen LogP contribution in [0.2, 0.25) is 0 Å². The van der Waals surface area contributed by atoms with Crippen molar-refractivity contribution in [3.05, 3.63) is 101 Å². The van der Waals surface area contributed by atoms with Crippen LogP contribution in [-0.4, -0.2) is 41.2 Å². The molecule has 0 amide bonds. The van der Waals surface area contributed by atoms with Crippen molar-refractivity contribution in [3.8, 4) is 22.4 Å². The molecule has 0 saturated carbocycles. The van der Waals surface area contributed by atoms with Crippen LogP contribution >= 0.6 is 11.3 Å². The number of aryl methyl sites for hydroxylation is 1. The molecule has 0 unspecified atom stereocenters. The predicted molar refractivity (Wildman–Crippen MR) is 153 cm³/mol. The van der Waals surface area contributed by atoms with Crippen LogP contribution < -0.4 is 5.32 Å². The minimum atomic E-state index is -0.212. The molecule has 38 heavy (non-hydrogen) atoms. The summed E-state index contributed by atoms with van der Waals surface area (Å²) >= 11 is 1.62. The van der Waals surface area contributed by atoms with Gasteiger partial charge in [-0.05, 0) is 65.6 Å². The number of hydrogen-bond acceptors (Lipinski definition) is 6. The number of benzene rings is 3. The first-order valence-corrected chi connectivity index (χ1v) is 13.7. The molecule has 3 aromatic carbocycles. The van der Waals surface area contributed by atoms with Crippen molar-refractivity contribution >= 4 is 27.2 Å². The molecule has 1 fully saturated rings. The molecule has 0 bridgehead atoms. The summed E-state index contributed by atoms with van der Waals surface area (Å²) in [5, 5.41) is 3.54. The maximum Gasteiger partial charge on any atom is 0.126 e. The van der Waals surface area contributed by atoms with Crippen LogP contribution in [0.5, 0.6) is 0 Å². The van der Waals surface area contributed by atoms with Crippen molar-refractivity contribution < 1.29 is 9.13 Å². The number of fused-ring (bicyclic) bond motifs is 1. The largest absolute Gasteiger partial charge is 0.380 e. The van der Waals surface area contributed by atoms with Crippen LogP contribution in [0.25, 0.3) is 32.6 Å². The summed E-state index contributed by atoms with van der Waals surface area (Å²) < 4.78 is 20.6. The average Bonchev–Trinajstić information content (AvgIpc) is 3.43. The summed E-state index contributed by atoms with van der Waals surface area (Å²) in [5.74, 6) is -0.212. The number of pyridine rings is 1. The number of thiazole rings is 1. The van der Waals surface area contributed by atoms with Crippen LogP contribution in [-0.2, 0) is 17.8 Å². The smallest absolute Gasteiger partial charge is 0.126 e. The van der Waals surface area contributed by atoms with Gasteiger partial charge in [0.25, 0.3) is 0 Å². The molecule has 1 saturated heterocycles. The first-order chi connectivity index (χ1) is 18.6. The molecule has 5 nitrogen and oxygen atoms in total. The van der Waals surface area contributed by atoms with Gasteiger partial charge in [-0.3, -0.25) is 9.88 Å². The fraction of sp³-hybridized carbons (Fsp3) is 0.226. The van der Waals surface area contributed by atoms with E-state index in [1.165, 1.54) is 17.2 Å². The highest BCUT2D eigenvalue weighted by molar-refractivity contribution is 7.16. The maximum atomic E-state index is 14.0. The van der Waals surface area contributed by atoms with Crippen molar-refractivity contribution in [2.45, 2.75) is 20.0 Å². The van der Waals surface area contributed by atoms with E-state index in [-0.39, 0.29) is 5.82 Å². The number of nitrogens with one attached hydrogen (secondary N) is 1. The normalized spacial score (nSPS) is 14.2. The first kappa shape index (κ1) is 24.7. The Hall–Kier alpha value is -3.65. The van der Waals surface area contributed by atoms with E-state index in [0.717, 1.165) is 71.1 Å². The lowest BCUT2D eigenvalue weighted by atomic mass is 9.97. The van der Waals surface area contributed by atoms with Gasteiger partial charge in [-0.25, -0.2) is 9.37 Å². The van der Waals surface area contributed by atoms with Crippen molar-refractivity contribution in [2.75, 3.05) is 31.6 Å². The number of aromatic nitrogens is 2. The topological polar surface area (TPSA) is 50.3 Å². The van der Waals surface area contributed by atoms with Gasteiger partial charge < -0.3 is 10.1 Å². The molecule has 7 heteroatoms. The maximum absolute atomic E-state index is 14.0. The van der Waals surface area contributed by atoms with Gasteiger partial charge >= 0.3 is 0 Å². The van der Waals surface area contributed by atoms with Gasteiger partial charge in [-0.1, -0.05) is 30.3 Å². The van der Waals surface area contributed by atoms with Crippen LogP contribution in [0.4, 0.5) is 10.1 Å². The number of halogens is 1. The van der Waals surface area contributed by atoms with E-state index in [4.69, 9.17) is 9.72 Å². The minimum absolute atomic E-state index is 0.212. The van der Waals surface area contributed by atoms with E-state index in [9.17, 15) is 4.39 Å². The molecule has 1 N–H and O–H groups in total. The highest BCUT2D eigenvalue weighted by Crippen LogP contribution is 2.35. The highest BCUT2D eigenvalue weighted by atomic mass is 32.1. The van der Waals surface area contributed by atoms with E-state index < -0.39 is 0 Å². The zero-order valence-electron chi connectivity index (χ0n) is 21.3. The van der Waals surface area contributed by atoms with Crippen LogP contribution in [0.15, 0.2) is 78.4 Å². The second-order valence-electron chi connectivity index (χ2n) is 9.68. The van der Waals surface area contributed by atoms with Gasteiger partial charge in [0, 0.05) is 37.3 Å². The Balaban J connectivity index is 1.25. The Labute approximate surface area is 226 Å². The summed E-state index contributed by atoms with van der Waals surface area (Å²) in [5.41, 5.74) is 10.7. The van der Waals surface area contributed by atoms with Gasteiger partial charge in [-0.2, -0.15) is 0 Å². The molecule has 5 aromatic rings. The lowest BCUT2D eigenvalue weighted by Crippen LogP contribution is -2.35. The molecular weight excluding hydrogens is 495 g/mol. The van der Waals surface area contributed by atoms with Crippen molar-refractivity contribution in [2.24, 2.45) is 0 Å². The Kier molecular flexibility index (Phi) is 7.14. The van der Waals surface area contributed by atoms with Crippen molar-refractivity contribution in [1.29, 1.82) is 0 Å². The second-order valence-corrected chi connectivity index (χ2v) is 10.6. The molecule has 0 radical (unpaired) electrons. The molecule has 0 aliphatic carbocycles. The van der Waals surface area contributed by atoms with Crippen molar-refractivity contribution in [1.82, 2.24) is 14.9 Å². The Morgan fingerprint density at radius 1 is 0.921 bits per heavy atom. The van der Waals surface area contributed by atoms with Crippen LogP contribution in [0.1, 0.15) is 16.7 Å². The third-order valence-electron chi connectivity index (χ3n) is 6.99. The summed E-state index contributed by atoms with van der Waals surface area (Å²) in [6.45, 7) is 7.04. The Bertz CT molecular complexity index is 1560. The molecular formula is C31H29FN4OS. The molecule has 6 rings (SSSR count). The number of ether oxygens (including phenoxy) is 1. The number of rotatable bonds is 7. The molecule has 0 spiro atoms. The third kappa shape index (κ3) is 5.45. The van der Waals surface area contributed by atoms with E-state index in [0.29, 0.717) is 12.1 Å². The van der Waals surface area contributed by atoms with Gasteiger partial charge in [0.15, 0.2) is 0 Å². The third-order valence-corrected chi connectivity index (χ3v) is 7.78. The average molecular weight is 525 g/mol. The van der Waals surface area contributed by atoms with Gasteiger partial charge in [0.1, 0.15) is 5.82 Å². The molecule has 192 valence electrons. The number of anilines is 1. The van der Waals surface area contributed by atoms with E-state index >= 15 is 0 Å². The monoisotopic (exact) mass is 524 g/mol. The lowest BCUT2D eigenvalue weighted by molar-refractivity contribution is 0.0342. The predicted octanol–water partition coefficient (Wildman–Crippen LogP) is 6.92. The number of nitrogens with zero attached hydrogens (tertiary/aromatic N) is 3. The molecule has 0 atom stereocenters. The summed E-state index contributed by atoms with van der Waals surface area (Å²) in [6.07, 6.45) is 1.86. The Morgan fingerprint density at radius 3 is 2.53 bits per heavy atom. The zero-order valence-corrected chi connectivity index (χ0v) is 22.1. The van der Waals surface area contributed by atoms with Gasteiger partial charge in [0.05, 0.1) is 46.5 Å². The summed E-state index contributed by atoms with van der Waals surface area (Å²) in [4.78, 5) is 11.7. The zero-order chi connectivity index (χ0) is 25.9. The van der Waals surface area contributed by atoms with Crippen molar-refractivity contribution in [3.63, 3.8) is 0 Å². The van der Waals surface area contributed by atoms with Crippen LogP contribution in [0, 0.1) is 12.7 Å². The fourth-order valence-electron chi connectivity index (χ4n) is 4.81. The minimum Gasteiger partial charge on any atom is -0.380 e.